The molecule has 2 atom stereocenters. The summed E-state index contributed by atoms with van der Waals surface area (Å²) in [6.07, 6.45) is 0.923. The Hall–Kier alpha value is -2.73. The van der Waals surface area contributed by atoms with Crippen molar-refractivity contribution in [1.29, 1.82) is 0 Å². The third kappa shape index (κ3) is 4.70. The van der Waals surface area contributed by atoms with Crippen LogP contribution in [0.1, 0.15) is 42.1 Å². The molecule has 1 aliphatic rings. The van der Waals surface area contributed by atoms with Gasteiger partial charge in [-0.25, -0.2) is 4.79 Å². The highest BCUT2D eigenvalue weighted by Crippen LogP contribution is 2.40. The molecule has 2 aromatic carbocycles. The maximum Gasteiger partial charge on any atom is 0.315 e. The van der Waals surface area contributed by atoms with Gasteiger partial charge in [-0.1, -0.05) is 24.3 Å². The van der Waals surface area contributed by atoms with Crippen molar-refractivity contribution in [2.45, 2.75) is 45.8 Å². The zero-order valence-electron chi connectivity index (χ0n) is 18.6. The number of nitrogens with zero attached hydrogens (tertiary/aromatic N) is 1. The number of aryl methyl sites for hydroxylation is 1. The first-order chi connectivity index (χ1) is 14.5. The number of benzene rings is 2. The van der Waals surface area contributed by atoms with Crippen LogP contribution in [0.5, 0.6) is 11.5 Å². The lowest BCUT2D eigenvalue weighted by Crippen LogP contribution is -2.49. The Morgan fingerprint density at radius 2 is 1.90 bits per heavy atom. The topological polar surface area (TPSA) is 62.8 Å². The van der Waals surface area contributed by atoms with Crippen LogP contribution < -0.4 is 20.1 Å². The largest absolute Gasteiger partial charge is 0.493 e. The summed E-state index contributed by atoms with van der Waals surface area (Å²) < 4.78 is 11.1. The van der Waals surface area contributed by atoms with Crippen LogP contribution in [0.2, 0.25) is 0 Å². The number of rotatable bonds is 7. The number of urea groups is 1. The zero-order chi connectivity index (χ0) is 21.7. The molecule has 0 fully saturated rings. The first-order valence-electron chi connectivity index (χ1n) is 10.6. The van der Waals surface area contributed by atoms with Gasteiger partial charge in [-0.2, -0.15) is 0 Å². The molecule has 6 nitrogen and oxygen atoms in total. The minimum atomic E-state index is -0.145. The van der Waals surface area contributed by atoms with Crippen LogP contribution in [-0.2, 0) is 13.0 Å². The molecule has 0 spiro atoms. The smallest absolute Gasteiger partial charge is 0.315 e. The van der Waals surface area contributed by atoms with Crippen molar-refractivity contribution in [2.75, 3.05) is 27.3 Å². The van der Waals surface area contributed by atoms with E-state index < -0.39 is 0 Å². The Bertz CT molecular complexity index is 884. The molecule has 30 heavy (non-hydrogen) atoms. The number of carbonyl (C=O) groups excluding carboxylic acids is 1. The second-order valence-corrected chi connectivity index (χ2v) is 7.79. The highest BCUT2D eigenvalue weighted by atomic mass is 16.5. The number of amides is 2. The minimum absolute atomic E-state index is 0.0239. The molecule has 0 aromatic heterocycles. The molecule has 1 heterocycles. The van der Waals surface area contributed by atoms with Crippen molar-refractivity contribution in [3.63, 3.8) is 0 Å². The second kappa shape index (κ2) is 9.85. The average Bonchev–Trinajstić information content (AvgIpc) is 2.74. The number of hydrogen-bond acceptors (Lipinski definition) is 4. The molecule has 2 amide bonds. The summed E-state index contributed by atoms with van der Waals surface area (Å²) in [7, 11) is 3.32. The third-order valence-corrected chi connectivity index (χ3v) is 5.83. The molecule has 0 bridgehead atoms. The van der Waals surface area contributed by atoms with Crippen LogP contribution in [0.15, 0.2) is 36.4 Å². The normalized spacial score (nSPS) is 17.0. The van der Waals surface area contributed by atoms with E-state index in [0.29, 0.717) is 12.3 Å². The van der Waals surface area contributed by atoms with Crippen molar-refractivity contribution in [2.24, 2.45) is 0 Å². The molecule has 1 aliphatic heterocycles. The molecule has 0 radical (unpaired) electrons. The summed E-state index contributed by atoms with van der Waals surface area (Å²) in [5.74, 6) is 1.45. The summed E-state index contributed by atoms with van der Waals surface area (Å²) in [5.41, 5.74) is 5.00. The van der Waals surface area contributed by atoms with E-state index in [9.17, 15) is 4.79 Å². The maximum absolute atomic E-state index is 12.3. The number of fused-ring (bicyclic) bond motifs is 1. The Kier molecular flexibility index (Phi) is 7.21. The highest BCUT2D eigenvalue weighted by Gasteiger charge is 2.33. The van der Waals surface area contributed by atoms with Crippen LogP contribution in [0.25, 0.3) is 0 Å². The van der Waals surface area contributed by atoms with Gasteiger partial charge in [0.1, 0.15) is 0 Å². The SMILES string of the molecule is CCNC(=O)NC(C)C1c2cc(OC)c(OC)cc2CCN1Cc1ccccc1C. The summed E-state index contributed by atoms with van der Waals surface area (Å²) in [4.78, 5) is 14.7. The second-order valence-electron chi connectivity index (χ2n) is 7.79. The van der Waals surface area contributed by atoms with Gasteiger partial charge in [-0.15, -0.1) is 0 Å². The van der Waals surface area contributed by atoms with E-state index >= 15 is 0 Å². The highest BCUT2D eigenvalue weighted by molar-refractivity contribution is 5.74. The van der Waals surface area contributed by atoms with Gasteiger partial charge >= 0.3 is 6.03 Å². The number of methoxy groups -OCH3 is 2. The number of hydrogen-bond donors (Lipinski definition) is 2. The fourth-order valence-electron chi connectivity index (χ4n) is 4.30. The molecule has 0 saturated carbocycles. The van der Waals surface area contributed by atoms with Gasteiger partial charge in [0.15, 0.2) is 11.5 Å². The van der Waals surface area contributed by atoms with E-state index in [1.165, 1.54) is 22.3 Å². The summed E-state index contributed by atoms with van der Waals surface area (Å²) >= 11 is 0. The first-order valence-corrected chi connectivity index (χ1v) is 10.6. The molecule has 3 rings (SSSR count). The van der Waals surface area contributed by atoms with Crippen LogP contribution in [0, 0.1) is 6.92 Å². The standard InChI is InChI=1S/C24H33N3O3/c1-6-25-24(28)26-17(3)23-20-14-22(30-5)21(29-4)13-18(20)11-12-27(23)15-19-10-8-7-9-16(19)2/h7-10,13-14,17,23H,6,11-12,15H2,1-5H3,(H2,25,26,28). The van der Waals surface area contributed by atoms with E-state index in [2.05, 4.69) is 65.8 Å². The summed E-state index contributed by atoms with van der Waals surface area (Å²) in [5, 5.41) is 5.96. The van der Waals surface area contributed by atoms with Crippen LogP contribution in [0.3, 0.4) is 0 Å². The molecular formula is C24H33N3O3. The third-order valence-electron chi connectivity index (χ3n) is 5.83. The average molecular weight is 412 g/mol. The zero-order valence-corrected chi connectivity index (χ0v) is 18.6. The van der Waals surface area contributed by atoms with E-state index in [4.69, 9.17) is 9.47 Å². The number of nitrogens with one attached hydrogen (secondary N) is 2. The maximum atomic E-state index is 12.3. The predicted molar refractivity (Wildman–Crippen MR) is 119 cm³/mol. The molecule has 2 unspecified atom stereocenters. The first kappa shape index (κ1) is 22.0. The molecule has 2 aromatic rings. The number of ether oxygens (including phenoxy) is 2. The Morgan fingerprint density at radius 3 is 2.57 bits per heavy atom. The van der Waals surface area contributed by atoms with E-state index in [1.807, 2.05) is 6.92 Å². The monoisotopic (exact) mass is 411 g/mol. The molecule has 162 valence electrons. The van der Waals surface area contributed by atoms with Gasteiger partial charge in [0.05, 0.1) is 20.3 Å². The molecule has 2 N–H and O–H groups in total. The van der Waals surface area contributed by atoms with E-state index in [0.717, 1.165) is 25.3 Å². The molecular weight excluding hydrogens is 378 g/mol. The lowest BCUT2D eigenvalue weighted by atomic mass is 9.87. The van der Waals surface area contributed by atoms with E-state index in [1.54, 1.807) is 14.2 Å². The quantitative estimate of drug-likeness (QED) is 0.727. The fourth-order valence-corrected chi connectivity index (χ4v) is 4.30. The van der Waals surface area contributed by atoms with Crippen LogP contribution >= 0.6 is 0 Å². The van der Waals surface area contributed by atoms with Gasteiger partial charge < -0.3 is 20.1 Å². The van der Waals surface area contributed by atoms with Gasteiger partial charge in [0, 0.05) is 25.7 Å². The molecule has 0 saturated heterocycles. The van der Waals surface area contributed by atoms with Crippen LogP contribution in [-0.4, -0.2) is 44.3 Å². The van der Waals surface area contributed by atoms with Gasteiger partial charge in [0.25, 0.3) is 0 Å². The Balaban J connectivity index is 1.99. The van der Waals surface area contributed by atoms with E-state index in [-0.39, 0.29) is 18.1 Å². The fraction of sp³-hybridized carbons (Fsp3) is 0.458. The Morgan fingerprint density at radius 1 is 1.20 bits per heavy atom. The van der Waals surface area contributed by atoms with Crippen molar-refractivity contribution in [1.82, 2.24) is 15.5 Å². The van der Waals surface area contributed by atoms with Gasteiger partial charge in [0.2, 0.25) is 0 Å². The van der Waals surface area contributed by atoms with Crippen molar-refractivity contribution in [3.05, 3.63) is 58.7 Å². The summed E-state index contributed by atoms with van der Waals surface area (Å²) in [6, 6.07) is 12.4. The summed E-state index contributed by atoms with van der Waals surface area (Å²) in [6.45, 7) is 8.46. The van der Waals surface area contributed by atoms with Crippen molar-refractivity contribution < 1.29 is 14.3 Å². The lowest BCUT2D eigenvalue weighted by molar-refractivity contribution is 0.143. The van der Waals surface area contributed by atoms with Gasteiger partial charge in [-0.05, 0) is 61.6 Å². The number of carbonyl (C=O) groups is 1. The predicted octanol–water partition coefficient (Wildman–Crippen LogP) is 3.82. The van der Waals surface area contributed by atoms with Gasteiger partial charge in [-0.3, -0.25) is 4.90 Å². The Labute approximate surface area is 179 Å². The molecule has 0 aliphatic carbocycles. The lowest BCUT2D eigenvalue weighted by Gasteiger charge is -2.41. The molecule has 6 heteroatoms. The van der Waals surface area contributed by atoms with Crippen molar-refractivity contribution in [3.8, 4) is 11.5 Å². The van der Waals surface area contributed by atoms with Crippen LogP contribution in [0.4, 0.5) is 4.79 Å². The van der Waals surface area contributed by atoms with Crippen molar-refractivity contribution >= 4 is 6.03 Å². The minimum Gasteiger partial charge on any atom is -0.493 e.